The van der Waals surface area contributed by atoms with Gasteiger partial charge in [0.25, 0.3) is 5.56 Å². The summed E-state index contributed by atoms with van der Waals surface area (Å²) >= 11 is 0. The molecule has 0 amide bonds. The number of piperidine rings is 1. The van der Waals surface area contributed by atoms with Crippen LogP contribution in [0.15, 0.2) is 57.7 Å². The molecule has 9 nitrogen and oxygen atoms in total. The zero-order valence-corrected chi connectivity index (χ0v) is 27.2. The van der Waals surface area contributed by atoms with Gasteiger partial charge in [0, 0.05) is 43.7 Å². The van der Waals surface area contributed by atoms with Crippen molar-refractivity contribution in [2.75, 3.05) is 32.6 Å². The molecule has 4 aliphatic rings. The molecule has 0 radical (unpaired) electrons. The average Bonchev–Trinajstić information content (AvgIpc) is 3.02. The van der Waals surface area contributed by atoms with Crippen molar-refractivity contribution in [2.24, 2.45) is 39.2 Å². The van der Waals surface area contributed by atoms with E-state index in [9.17, 15) is 9.18 Å². The van der Waals surface area contributed by atoms with Gasteiger partial charge in [0.05, 0.1) is 36.1 Å². The number of aliphatic imine (C=N–C) groups is 1. The van der Waals surface area contributed by atoms with Gasteiger partial charge in [-0.15, -0.1) is 0 Å². The molecule has 5 atom stereocenters. The minimum absolute atomic E-state index is 0.151. The van der Waals surface area contributed by atoms with Crippen molar-refractivity contribution in [3.63, 3.8) is 0 Å². The van der Waals surface area contributed by atoms with Crippen LogP contribution in [0.25, 0.3) is 10.9 Å². The monoisotopic (exact) mass is 616 g/mol. The topological polar surface area (TPSA) is 93.3 Å². The van der Waals surface area contributed by atoms with Crippen LogP contribution in [-0.4, -0.2) is 59.5 Å². The van der Waals surface area contributed by atoms with Gasteiger partial charge in [0.15, 0.2) is 5.96 Å². The molecule has 4 fully saturated rings. The van der Waals surface area contributed by atoms with Gasteiger partial charge in [0.2, 0.25) is 0 Å². The molecule has 0 spiro atoms. The van der Waals surface area contributed by atoms with Crippen LogP contribution in [0.2, 0.25) is 0 Å². The van der Waals surface area contributed by atoms with Crippen LogP contribution in [0.1, 0.15) is 52.5 Å². The van der Waals surface area contributed by atoms with Crippen LogP contribution >= 0.6 is 0 Å². The van der Waals surface area contributed by atoms with E-state index in [-0.39, 0.29) is 23.3 Å². The normalized spacial score (nSPS) is 26.9. The van der Waals surface area contributed by atoms with Crippen molar-refractivity contribution in [2.45, 2.75) is 66.0 Å². The zero-order valence-electron chi connectivity index (χ0n) is 27.2. The molecule has 240 valence electrons. The number of likely N-dealkylation sites (tertiary alicyclic amines) is 1. The van der Waals surface area contributed by atoms with E-state index in [1.165, 1.54) is 24.2 Å². The molecule has 2 heterocycles. The van der Waals surface area contributed by atoms with Crippen LogP contribution in [0.5, 0.6) is 5.75 Å². The molecule has 10 heteroatoms. The third-order valence-corrected chi connectivity index (χ3v) is 10.8. The van der Waals surface area contributed by atoms with E-state index in [4.69, 9.17) is 14.6 Å². The smallest absolute Gasteiger partial charge is 0.261 e. The largest absolute Gasteiger partial charge is 0.497 e. The Bertz CT molecular complexity index is 1680. The summed E-state index contributed by atoms with van der Waals surface area (Å²) in [5.41, 5.74) is 3.28. The Kier molecular flexibility index (Phi) is 8.59. The second-order valence-electron chi connectivity index (χ2n) is 13.6. The number of benzene rings is 2. The minimum Gasteiger partial charge on any atom is -0.497 e. The highest BCUT2D eigenvalue weighted by Crippen LogP contribution is 2.61. The SMILES string of the molecule is CON=C1CCN(C(=NC2C[C@@H]3C[C@H]([C@@H]2C)C3(C)C)Nc2ccc3c(=O)n(CCc4ccc(OC)cc4F)cnc3c2)CC1C. The first kappa shape index (κ1) is 31.0. The fourth-order valence-electron chi connectivity index (χ4n) is 7.73. The quantitative estimate of drug-likeness (QED) is 0.200. The van der Waals surface area contributed by atoms with E-state index >= 15 is 0 Å². The van der Waals surface area contributed by atoms with Gasteiger partial charge >= 0.3 is 0 Å². The molecule has 45 heavy (non-hydrogen) atoms. The van der Waals surface area contributed by atoms with E-state index in [0.29, 0.717) is 58.4 Å². The first-order chi connectivity index (χ1) is 21.6. The number of methoxy groups -OCH3 is 1. The lowest BCUT2D eigenvalue weighted by Crippen LogP contribution is -2.57. The second kappa shape index (κ2) is 12.4. The van der Waals surface area contributed by atoms with Crippen LogP contribution in [0.3, 0.4) is 0 Å². The predicted octanol–water partition coefficient (Wildman–Crippen LogP) is 5.97. The number of ether oxygens (including phenoxy) is 1. The first-order valence-electron chi connectivity index (χ1n) is 16.1. The van der Waals surface area contributed by atoms with Crippen molar-refractivity contribution >= 4 is 28.3 Å². The standard InChI is InChI=1S/C35H45FN6O3/c1-21-19-41(14-12-30(21)40-45-6)34(39-31-16-24-15-28(22(31)2)35(24,3)4)38-25-8-10-27-32(17-25)37-20-42(33(27)43)13-11-23-7-9-26(44-5)18-29(23)36/h7-10,17-18,20-22,24,28,31H,11-16,19H2,1-6H3,(H,38,39)/t21?,22-,24-,28+,31?/m0/s1. The molecule has 3 aromatic rings. The molecule has 1 saturated heterocycles. The highest BCUT2D eigenvalue weighted by molar-refractivity contribution is 5.97. The van der Waals surface area contributed by atoms with Crippen molar-refractivity contribution in [3.05, 3.63) is 64.5 Å². The Morgan fingerprint density at radius 1 is 1.16 bits per heavy atom. The van der Waals surface area contributed by atoms with Gasteiger partial charge in [-0.2, -0.15) is 0 Å². The van der Waals surface area contributed by atoms with Crippen LogP contribution in [-0.2, 0) is 17.8 Å². The number of hydrogen-bond donors (Lipinski definition) is 1. The third kappa shape index (κ3) is 6.03. The Morgan fingerprint density at radius 3 is 2.67 bits per heavy atom. The third-order valence-electron chi connectivity index (χ3n) is 10.8. The van der Waals surface area contributed by atoms with Crippen molar-refractivity contribution < 1.29 is 14.0 Å². The zero-order chi connectivity index (χ0) is 31.9. The van der Waals surface area contributed by atoms with Crippen LogP contribution < -0.4 is 15.6 Å². The molecule has 2 aromatic carbocycles. The highest BCUT2D eigenvalue weighted by atomic mass is 19.1. The average molecular weight is 617 g/mol. The number of guanidine groups is 1. The molecule has 3 saturated carbocycles. The molecule has 2 bridgehead atoms. The number of aryl methyl sites for hydroxylation is 2. The maximum absolute atomic E-state index is 14.5. The Balaban J connectivity index is 1.23. The summed E-state index contributed by atoms with van der Waals surface area (Å²) in [6, 6.07) is 10.7. The van der Waals surface area contributed by atoms with Gasteiger partial charge in [-0.25, -0.2) is 14.4 Å². The van der Waals surface area contributed by atoms with E-state index < -0.39 is 0 Å². The fourth-order valence-corrected chi connectivity index (χ4v) is 7.73. The summed E-state index contributed by atoms with van der Waals surface area (Å²) in [6.07, 6.45) is 5.14. The maximum atomic E-state index is 14.5. The summed E-state index contributed by atoms with van der Waals surface area (Å²) in [4.78, 5) is 30.8. The maximum Gasteiger partial charge on any atom is 0.261 e. The number of nitrogens with zero attached hydrogens (tertiary/aromatic N) is 5. The summed E-state index contributed by atoms with van der Waals surface area (Å²) in [5.74, 6) is 3.14. The molecule has 1 N–H and O–H groups in total. The number of hydrogen-bond acceptors (Lipinski definition) is 6. The van der Waals surface area contributed by atoms with E-state index in [2.05, 4.69) is 48.1 Å². The summed E-state index contributed by atoms with van der Waals surface area (Å²) in [7, 11) is 3.10. The second-order valence-corrected chi connectivity index (χ2v) is 13.6. The molecule has 1 aliphatic heterocycles. The number of rotatable bonds is 7. The van der Waals surface area contributed by atoms with E-state index in [1.807, 2.05) is 18.2 Å². The molecule has 1 aromatic heterocycles. The predicted molar refractivity (Wildman–Crippen MR) is 176 cm³/mol. The number of oxime groups is 1. The van der Waals surface area contributed by atoms with E-state index in [1.54, 1.807) is 25.6 Å². The van der Waals surface area contributed by atoms with Crippen LogP contribution in [0, 0.1) is 34.9 Å². The first-order valence-corrected chi connectivity index (χ1v) is 16.1. The highest BCUT2D eigenvalue weighted by Gasteiger charge is 2.56. The molecule has 3 aliphatic carbocycles. The van der Waals surface area contributed by atoms with Crippen molar-refractivity contribution in [1.82, 2.24) is 14.5 Å². The minimum atomic E-state index is -0.349. The number of nitrogens with one attached hydrogen (secondary N) is 1. The fraction of sp³-hybridized carbons (Fsp3) is 0.543. The lowest BCUT2D eigenvalue weighted by molar-refractivity contribution is -0.108. The lowest BCUT2D eigenvalue weighted by atomic mass is 9.45. The number of fused-ring (bicyclic) bond motifs is 3. The summed E-state index contributed by atoms with van der Waals surface area (Å²) in [6.45, 7) is 11.3. The van der Waals surface area contributed by atoms with Crippen LogP contribution in [0.4, 0.5) is 10.1 Å². The Hall–Kier alpha value is -3.95. The lowest BCUT2D eigenvalue weighted by Gasteiger charge is -2.61. The Morgan fingerprint density at radius 2 is 1.98 bits per heavy atom. The van der Waals surface area contributed by atoms with Gasteiger partial charge < -0.3 is 19.8 Å². The van der Waals surface area contributed by atoms with Crippen molar-refractivity contribution in [1.29, 1.82) is 0 Å². The van der Waals surface area contributed by atoms with Gasteiger partial charge in [0.1, 0.15) is 18.7 Å². The number of anilines is 1. The van der Waals surface area contributed by atoms with Gasteiger partial charge in [-0.1, -0.05) is 38.9 Å². The van der Waals surface area contributed by atoms with Crippen molar-refractivity contribution in [3.8, 4) is 5.75 Å². The van der Waals surface area contributed by atoms with Gasteiger partial charge in [-0.05, 0) is 72.3 Å². The van der Waals surface area contributed by atoms with Gasteiger partial charge in [-0.3, -0.25) is 9.36 Å². The summed E-state index contributed by atoms with van der Waals surface area (Å²) in [5, 5.41) is 8.41. The van der Waals surface area contributed by atoms with E-state index in [0.717, 1.165) is 43.3 Å². The molecule has 2 unspecified atom stereocenters. The Labute approximate surface area is 264 Å². The summed E-state index contributed by atoms with van der Waals surface area (Å²) < 4.78 is 21.1. The number of aromatic nitrogens is 2. The molecular weight excluding hydrogens is 571 g/mol. The molecular formula is C35H45FN6O3. The number of halogens is 1. The molecule has 7 rings (SSSR count).